The van der Waals surface area contributed by atoms with E-state index in [1.165, 1.54) is 7.11 Å². The quantitative estimate of drug-likeness (QED) is 0.823. The molecule has 1 unspecified atom stereocenters. The number of benzene rings is 1. The number of nitrogens with one attached hydrogen (secondary N) is 1. The van der Waals surface area contributed by atoms with E-state index in [0.29, 0.717) is 17.0 Å². The van der Waals surface area contributed by atoms with Crippen LogP contribution in [0.2, 0.25) is 0 Å². The summed E-state index contributed by atoms with van der Waals surface area (Å²) in [6.45, 7) is 4.37. The van der Waals surface area contributed by atoms with Crippen molar-refractivity contribution in [3.8, 4) is 5.75 Å². The molecule has 0 radical (unpaired) electrons. The monoisotopic (exact) mass is 271 g/mol. The molecule has 1 N–H and O–H groups in total. The van der Waals surface area contributed by atoms with Gasteiger partial charge in [0.25, 0.3) is 0 Å². The molecule has 0 aromatic heterocycles. The van der Waals surface area contributed by atoms with Gasteiger partial charge < -0.3 is 10.1 Å². The van der Waals surface area contributed by atoms with E-state index in [-0.39, 0.29) is 5.82 Å². The van der Waals surface area contributed by atoms with E-state index in [4.69, 9.17) is 4.74 Å². The third kappa shape index (κ3) is 4.86. The Balaban J connectivity index is 2.61. The van der Waals surface area contributed by atoms with E-state index in [2.05, 4.69) is 19.2 Å². The summed E-state index contributed by atoms with van der Waals surface area (Å²) in [5.74, 6) is 1.04. The number of halogens is 1. The fraction of sp³-hybridized carbons (Fsp3) is 0.571. The molecule has 0 aliphatic heterocycles. The van der Waals surface area contributed by atoms with Crippen molar-refractivity contribution in [1.82, 2.24) is 5.32 Å². The molecule has 0 aliphatic rings. The summed E-state index contributed by atoms with van der Waals surface area (Å²) in [5.41, 5.74) is 0.997. The van der Waals surface area contributed by atoms with Gasteiger partial charge in [-0.1, -0.05) is 19.9 Å². The van der Waals surface area contributed by atoms with Crippen molar-refractivity contribution in [2.24, 2.45) is 0 Å². The van der Waals surface area contributed by atoms with Gasteiger partial charge >= 0.3 is 0 Å². The minimum atomic E-state index is -0.290. The van der Waals surface area contributed by atoms with E-state index in [9.17, 15) is 4.39 Å². The summed E-state index contributed by atoms with van der Waals surface area (Å²) in [5, 5.41) is 3.90. The van der Waals surface area contributed by atoms with Crippen molar-refractivity contribution in [3.05, 3.63) is 29.6 Å². The third-order valence-electron chi connectivity index (χ3n) is 2.74. The molecule has 1 aromatic rings. The van der Waals surface area contributed by atoms with Crippen molar-refractivity contribution >= 4 is 11.8 Å². The van der Waals surface area contributed by atoms with Crippen LogP contribution >= 0.6 is 11.8 Å². The van der Waals surface area contributed by atoms with Crippen molar-refractivity contribution < 1.29 is 9.13 Å². The molecule has 18 heavy (non-hydrogen) atoms. The number of rotatable bonds is 7. The number of hydrogen-bond acceptors (Lipinski definition) is 3. The largest absolute Gasteiger partial charge is 0.494 e. The molecule has 0 amide bonds. The smallest absolute Gasteiger partial charge is 0.165 e. The van der Waals surface area contributed by atoms with Crippen LogP contribution in [0.25, 0.3) is 0 Å². The molecule has 1 aromatic carbocycles. The average Bonchev–Trinajstić information content (AvgIpc) is 2.34. The summed E-state index contributed by atoms with van der Waals surface area (Å²) in [6.07, 6.45) is 0.830. The van der Waals surface area contributed by atoms with Crippen LogP contribution in [0.15, 0.2) is 18.2 Å². The third-order valence-corrected chi connectivity index (χ3v) is 4.00. The van der Waals surface area contributed by atoms with Gasteiger partial charge in [-0.25, -0.2) is 4.39 Å². The summed E-state index contributed by atoms with van der Waals surface area (Å²) in [7, 11) is 3.43. The molecule has 0 saturated carbocycles. The lowest BCUT2D eigenvalue weighted by atomic mass is 10.1. The Labute approximate surface area is 113 Å². The number of thioether (sulfide) groups is 1. The molecule has 0 fully saturated rings. The highest BCUT2D eigenvalue weighted by Crippen LogP contribution is 2.19. The van der Waals surface area contributed by atoms with Crippen LogP contribution in [-0.4, -0.2) is 31.2 Å². The molecule has 0 heterocycles. The lowest BCUT2D eigenvalue weighted by molar-refractivity contribution is 0.386. The summed E-state index contributed by atoms with van der Waals surface area (Å²) in [6, 6.07) is 5.54. The number of hydrogen-bond donors (Lipinski definition) is 1. The van der Waals surface area contributed by atoms with Crippen molar-refractivity contribution in [2.45, 2.75) is 31.6 Å². The number of likely N-dealkylation sites (N-methyl/N-ethyl adjacent to an activating group) is 1. The van der Waals surface area contributed by atoms with Gasteiger partial charge in [0, 0.05) is 11.8 Å². The highest BCUT2D eigenvalue weighted by molar-refractivity contribution is 7.99. The lowest BCUT2D eigenvalue weighted by Gasteiger charge is -2.17. The first kappa shape index (κ1) is 15.3. The van der Waals surface area contributed by atoms with Crippen molar-refractivity contribution in [3.63, 3.8) is 0 Å². The Hall–Kier alpha value is -0.740. The second kappa shape index (κ2) is 7.64. The van der Waals surface area contributed by atoms with Gasteiger partial charge in [-0.3, -0.25) is 0 Å². The molecule has 0 aliphatic carbocycles. The first-order valence-corrected chi connectivity index (χ1v) is 7.23. The normalized spacial score (nSPS) is 12.8. The topological polar surface area (TPSA) is 21.3 Å². The van der Waals surface area contributed by atoms with Crippen LogP contribution in [0.5, 0.6) is 5.75 Å². The predicted octanol–water partition coefficient (Wildman–Crippen LogP) is 3.11. The van der Waals surface area contributed by atoms with Crippen LogP contribution in [0.3, 0.4) is 0 Å². The zero-order chi connectivity index (χ0) is 13.5. The molecular formula is C14H22FNOS. The molecule has 0 spiro atoms. The van der Waals surface area contributed by atoms with Gasteiger partial charge in [0.05, 0.1) is 7.11 Å². The highest BCUT2D eigenvalue weighted by atomic mass is 32.2. The van der Waals surface area contributed by atoms with E-state index >= 15 is 0 Å². The number of ether oxygens (including phenoxy) is 1. The zero-order valence-electron chi connectivity index (χ0n) is 11.5. The Morgan fingerprint density at radius 2 is 2.11 bits per heavy atom. The average molecular weight is 271 g/mol. The van der Waals surface area contributed by atoms with Crippen molar-refractivity contribution in [2.75, 3.05) is 19.9 Å². The fourth-order valence-electron chi connectivity index (χ4n) is 1.67. The van der Waals surface area contributed by atoms with Crippen LogP contribution in [0.1, 0.15) is 19.4 Å². The number of methoxy groups -OCH3 is 1. The first-order chi connectivity index (χ1) is 8.56. The zero-order valence-corrected chi connectivity index (χ0v) is 12.3. The fourth-order valence-corrected chi connectivity index (χ4v) is 2.58. The van der Waals surface area contributed by atoms with Crippen LogP contribution in [0, 0.1) is 5.82 Å². The van der Waals surface area contributed by atoms with Gasteiger partial charge in [0.15, 0.2) is 11.6 Å². The van der Waals surface area contributed by atoms with Crippen LogP contribution in [0.4, 0.5) is 4.39 Å². The van der Waals surface area contributed by atoms with E-state index in [0.717, 1.165) is 17.7 Å². The molecular weight excluding hydrogens is 249 g/mol. The van der Waals surface area contributed by atoms with Gasteiger partial charge in [-0.2, -0.15) is 11.8 Å². The van der Waals surface area contributed by atoms with Gasteiger partial charge in [0.2, 0.25) is 0 Å². The molecule has 4 heteroatoms. The van der Waals surface area contributed by atoms with Crippen LogP contribution in [-0.2, 0) is 6.42 Å². The maximum atomic E-state index is 13.6. The Bertz CT molecular complexity index is 371. The van der Waals surface area contributed by atoms with Crippen LogP contribution < -0.4 is 10.1 Å². The van der Waals surface area contributed by atoms with Crippen molar-refractivity contribution in [1.29, 1.82) is 0 Å². The molecule has 1 rings (SSSR count). The van der Waals surface area contributed by atoms with Gasteiger partial charge in [-0.05, 0) is 36.4 Å². The standard InChI is InChI=1S/C14H22FNOS/c1-10(2)18-9-12(16-3)7-11-5-6-14(17-4)13(15)8-11/h5-6,8,10,12,16H,7,9H2,1-4H3. The molecule has 0 bridgehead atoms. The minimum Gasteiger partial charge on any atom is -0.494 e. The minimum absolute atomic E-state index is 0.290. The Morgan fingerprint density at radius 3 is 2.61 bits per heavy atom. The lowest BCUT2D eigenvalue weighted by Crippen LogP contribution is -2.30. The Morgan fingerprint density at radius 1 is 1.39 bits per heavy atom. The van der Waals surface area contributed by atoms with Gasteiger partial charge in [-0.15, -0.1) is 0 Å². The van der Waals surface area contributed by atoms with E-state index < -0.39 is 0 Å². The maximum Gasteiger partial charge on any atom is 0.165 e. The maximum absolute atomic E-state index is 13.6. The SMILES string of the molecule is CNC(CSC(C)C)Cc1ccc(OC)c(F)c1. The molecule has 2 nitrogen and oxygen atoms in total. The predicted molar refractivity (Wildman–Crippen MR) is 77.1 cm³/mol. The first-order valence-electron chi connectivity index (χ1n) is 6.18. The second-order valence-electron chi connectivity index (χ2n) is 4.54. The van der Waals surface area contributed by atoms with Gasteiger partial charge in [0.1, 0.15) is 0 Å². The highest BCUT2D eigenvalue weighted by Gasteiger charge is 2.10. The summed E-state index contributed by atoms with van der Waals surface area (Å²) >= 11 is 1.91. The molecule has 102 valence electrons. The second-order valence-corrected chi connectivity index (χ2v) is 6.15. The molecule has 0 saturated heterocycles. The summed E-state index contributed by atoms with van der Waals surface area (Å²) in [4.78, 5) is 0. The molecule has 1 atom stereocenters. The summed E-state index contributed by atoms with van der Waals surface area (Å²) < 4.78 is 18.5. The Kier molecular flexibility index (Phi) is 6.50. The van der Waals surface area contributed by atoms with E-state index in [1.54, 1.807) is 12.1 Å². The van der Waals surface area contributed by atoms with E-state index in [1.807, 2.05) is 24.9 Å².